The lowest BCUT2D eigenvalue weighted by Crippen LogP contribution is -3.00. The molecule has 0 saturated carbocycles. The second-order valence-electron chi connectivity index (χ2n) is 6.54. The molecule has 172 valence electrons. The number of hydrogen-bond donors (Lipinski definition) is 3. The third kappa shape index (κ3) is 7.11. The van der Waals surface area contributed by atoms with Crippen molar-refractivity contribution in [1.29, 1.82) is 0 Å². The number of hydrogen-bond acceptors (Lipinski definition) is 8. The van der Waals surface area contributed by atoms with Crippen molar-refractivity contribution in [2.75, 3.05) is 25.4 Å². The number of nitrogens with two attached hydrogens (primary N) is 1. The Labute approximate surface area is 200 Å². The molecule has 0 aliphatic rings. The number of nitrogen functional groups attached to an aromatic ring is 1. The summed E-state index contributed by atoms with van der Waals surface area (Å²) in [7, 11) is 0. The van der Waals surface area contributed by atoms with Crippen molar-refractivity contribution >= 4 is 27.7 Å². The molecule has 0 saturated heterocycles. The molecule has 3 rings (SSSR count). The van der Waals surface area contributed by atoms with Crippen molar-refractivity contribution in [2.24, 2.45) is 0 Å². The van der Waals surface area contributed by atoms with Crippen LogP contribution in [0.3, 0.4) is 0 Å². The number of ether oxygens (including phenoxy) is 2. The summed E-state index contributed by atoms with van der Waals surface area (Å²) in [5, 5.41) is 12.8. The zero-order valence-corrected chi connectivity index (χ0v) is 19.8. The van der Waals surface area contributed by atoms with Gasteiger partial charge in [0.25, 0.3) is 5.91 Å². The van der Waals surface area contributed by atoms with Crippen molar-refractivity contribution in [3.05, 3.63) is 63.8 Å². The van der Waals surface area contributed by atoms with Crippen LogP contribution < -0.4 is 38.2 Å². The van der Waals surface area contributed by atoms with Crippen LogP contribution in [0.2, 0.25) is 0 Å². The van der Waals surface area contributed by atoms with Crippen LogP contribution in [0.15, 0.2) is 51.6 Å². The minimum absolute atomic E-state index is 0. The Bertz CT molecular complexity index is 1000. The Kier molecular flexibility index (Phi) is 10.3. The van der Waals surface area contributed by atoms with E-state index in [0.29, 0.717) is 44.3 Å². The van der Waals surface area contributed by atoms with Gasteiger partial charge in [-0.2, -0.15) is 0 Å². The maximum Gasteiger partial charge on any atom is 0.277 e. The van der Waals surface area contributed by atoms with Gasteiger partial charge in [-0.3, -0.25) is 4.79 Å². The Morgan fingerprint density at radius 3 is 2.59 bits per heavy atom. The lowest BCUT2D eigenvalue weighted by atomic mass is 10.2. The van der Waals surface area contributed by atoms with Gasteiger partial charge in [-0.1, -0.05) is 30.3 Å². The van der Waals surface area contributed by atoms with Gasteiger partial charge in [-0.25, -0.2) is 4.63 Å². The fourth-order valence-electron chi connectivity index (χ4n) is 2.79. The molecule has 4 N–H and O–H groups in total. The Morgan fingerprint density at radius 2 is 1.91 bits per heavy atom. The minimum atomic E-state index is -0.429. The molecule has 3 aromatic rings. The Hall–Kier alpha value is -2.82. The molecule has 11 heteroatoms. The zero-order chi connectivity index (χ0) is 22.1. The molecule has 0 bridgehead atoms. The van der Waals surface area contributed by atoms with Gasteiger partial charge in [-0.05, 0) is 56.4 Å². The first kappa shape index (κ1) is 25.4. The van der Waals surface area contributed by atoms with E-state index in [1.54, 1.807) is 0 Å². The van der Waals surface area contributed by atoms with Crippen LogP contribution >= 0.6 is 15.9 Å². The van der Waals surface area contributed by atoms with Crippen molar-refractivity contribution in [3.63, 3.8) is 0 Å². The smallest absolute Gasteiger partial charge is 0.277 e. The van der Waals surface area contributed by atoms with Crippen molar-refractivity contribution < 1.29 is 31.3 Å². The molecule has 0 aliphatic carbocycles. The molecular weight excluding hydrogens is 502 g/mol. The molecule has 0 radical (unpaired) electrons. The van der Waals surface area contributed by atoms with E-state index in [1.165, 1.54) is 0 Å². The van der Waals surface area contributed by atoms with E-state index in [-0.39, 0.29) is 23.9 Å². The van der Waals surface area contributed by atoms with E-state index in [0.717, 1.165) is 15.6 Å². The molecule has 9 nitrogen and oxygen atoms in total. The van der Waals surface area contributed by atoms with E-state index in [2.05, 4.69) is 41.5 Å². The minimum Gasteiger partial charge on any atom is -1.00 e. The molecule has 0 aliphatic heterocycles. The highest BCUT2D eigenvalue weighted by Crippen LogP contribution is 2.37. The SMILES string of the molecule is CCOc1cc(CNCCNC(=O)c2nonc2N)cc(Br)c1OCc1ccccc1.[Cl-]. The van der Waals surface area contributed by atoms with Gasteiger partial charge in [0.1, 0.15) is 6.61 Å². The Morgan fingerprint density at radius 1 is 1.12 bits per heavy atom. The summed E-state index contributed by atoms with van der Waals surface area (Å²) in [6.07, 6.45) is 0. The highest BCUT2D eigenvalue weighted by molar-refractivity contribution is 9.10. The summed E-state index contributed by atoms with van der Waals surface area (Å²) in [5.41, 5.74) is 7.57. The molecule has 32 heavy (non-hydrogen) atoms. The number of amides is 1. The number of anilines is 1. The molecule has 1 aromatic heterocycles. The van der Waals surface area contributed by atoms with Crippen LogP contribution in [0.4, 0.5) is 5.82 Å². The lowest BCUT2D eigenvalue weighted by molar-refractivity contribution is -0.0000159. The van der Waals surface area contributed by atoms with Crippen LogP contribution in [0.1, 0.15) is 28.5 Å². The normalized spacial score (nSPS) is 10.3. The number of nitrogens with zero attached hydrogens (tertiary/aromatic N) is 2. The molecule has 0 spiro atoms. The van der Waals surface area contributed by atoms with Crippen molar-refractivity contribution in [2.45, 2.75) is 20.1 Å². The summed E-state index contributed by atoms with van der Waals surface area (Å²) in [6, 6.07) is 13.9. The highest BCUT2D eigenvalue weighted by atomic mass is 79.9. The molecule has 1 heterocycles. The van der Waals surface area contributed by atoms with Gasteiger partial charge >= 0.3 is 0 Å². The Balaban J connectivity index is 0.00000363. The molecule has 2 aromatic carbocycles. The number of halogens is 2. The van der Waals surface area contributed by atoms with Gasteiger partial charge in [0.05, 0.1) is 11.1 Å². The van der Waals surface area contributed by atoms with Gasteiger partial charge < -0.3 is 38.2 Å². The highest BCUT2D eigenvalue weighted by Gasteiger charge is 2.15. The average Bonchev–Trinajstić information content (AvgIpc) is 3.20. The number of rotatable bonds is 11. The van der Waals surface area contributed by atoms with E-state index in [1.807, 2.05) is 49.4 Å². The first-order chi connectivity index (χ1) is 15.1. The van der Waals surface area contributed by atoms with Crippen LogP contribution in [0, 0.1) is 0 Å². The standard InChI is InChI=1S/C21H24BrN5O4.ClH/c1-2-29-17-11-15(10-16(22)19(17)30-13-14-6-4-3-5-7-14)12-24-8-9-25-21(28)18-20(23)27-31-26-18;/h3-7,10-11,24H,2,8-9,12-13H2,1H3,(H2,23,27)(H,25,28);1H/p-1. The van der Waals surface area contributed by atoms with Gasteiger partial charge in [0.2, 0.25) is 11.5 Å². The second-order valence-corrected chi connectivity index (χ2v) is 7.40. The van der Waals surface area contributed by atoms with Crippen LogP contribution in [-0.2, 0) is 13.2 Å². The first-order valence-corrected chi connectivity index (χ1v) is 10.6. The topological polar surface area (TPSA) is 125 Å². The van der Waals surface area contributed by atoms with Gasteiger partial charge in [0.15, 0.2) is 11.5 Å². The van der Waals surface area contributed by atoms with Gasteiger partial charge in [-0.15, -0.1) is 0 Å². The first-order valence-electron chi connectivity index (χ1n) is 9.77. The van der Waals surface area contributed by atoms with Crippen LogP contribution in [0.5, 0.6) is 11.5 Å². The molecule has 0 unspecified atom stereocenters. The third-order valence-corrected chi connectivity index (χ3v) is 4.83. The largest absolute Gasteiger partial charge is 1.00 e. The predicted molar refractivity (Wildman–Crippen MR) is 119 cm³/mol. The molecular formula is C21H24BrClN5O4-. The third-order valence-electron chi connectivity index (χ3n) is 4.24. The van der Waals surface area contributed by atoms with Crippen molar-refractivity contribution in [3.8, 4) is 11.5 Å². The van der Waals surface area contributed by atoms with Crippen molar-refractivity contribution in [1.82, 2.24) is 20.9 Å². The summed E-state index contributed by atoms with van der Waals surface area (Å²) < 4.78 is 17.0. The predicted octanol–water partition coefficient (Wildman–Crippen LogP) is -0.0844. The number of benzene rings is 2. The summed E-state index contributed by atoms with van der Waals surface area (Å²) in [4.78, 5) is 11.9. The maximum absolute atomic E-state index is 11.9. The number of nitrogens with one attached hydrogen (secondary N) is 2. The van der Waals surface area contributed by atoms with Crippen LogP contribution in [0.25, 0.3) is 0 Å². The number of carbonyl (C=O) groups excluding carboxylic acids is 1. The maximum atomic E-state index is 11.9. The molecule has 1 amide bonds. The second kappa shape index (κ2) is 12.9. The molecule has 0 atom stereocenters. The van der Waals surface area contributed by atoms with E-state index in [4.69, 9.17) is 15.2 Å². The fourth-order valence-corrected chi connectivity index (χ4v) is 3.39. The zero-order valence-electron chi connectivity index (χ0n) is 17.4. The lowest BCUT2D eigenvalue weighted by Gasteiger charge is -2.16. The average molecular weight is 526 g/mol. The monoisotopic (exact) mass is 524 g/mol. The number of aromatic nitrogens is 2. The summed E-state index contributed by atoms with van der Waals surface area (Å²) in [5.74, 6) is 0.877. The summed E-state index contributed by atoms with van der Waals surface area (Å²) in [6.45, 7) is 4.42. The van der Waals surface area contributed by atoms with Gasteiger partial charge in [0, 0.05) is 19.6 Å². The number of carbonyl (C=O) groups is 1. The summed E-state index contributed by atoms with van der Waals surface area (Å²) >= 11 is 3.59. The van der Waals surface area contributed by atoms with E-state index in [9.17, 15) is 4.79 Å². The fraction of sp³-hybridized carbons (Fsp3) is 0.286. The van der Waals surface area contributed by atoms with E-state index < -0.39 is 5.91 Å². The molecule has 0 fully saturated rings. The van der Waals surface area contributed by atoms with E-state index >= 15 is 0 Å². The van der Waals surface area contributed by atoms with Crippen LogP contribution in [-0.4, -0.2) is 35.9 Å². The quantitative estimate of drug-likeness (QED) is 0.297.